The lowest BCUT2D eigenvalue weighted by atomic mass is 10.0. The van der Waals surface area contributed by atoms with E-state index in [4.69, 9.17) is 4.74 Å². The number of esters is 1. The van der Waals surface area contributed by atoms with E-state index in [2.05, 4.69) is 38.2 Å². The second-order valence-electron chi connectivity index (χ2n) is 19.3. The molecule has 3 unspecified atom stereocenters. The number of unbranched alkanes of at least 4 members (excludes halogenated alkanes) is 37. The van der Waals surface area contributed by atoms with Gasteiger partial charge in [0.15, 0.2) is 0 Å². The van der Waals surface area contributed by atoms with Gasteiger partial charge < -0.3 is 20.3 Å². The predicted molar refractivity (Wildman–Crippen MR) is 269 cm³/mol. The molecule has 0 aliphatic heterocycles. The fourth-order valence-corrected chi connectivity index (χ4v) is 8.84. The molecular weight excluding hydrogens is 767 g/mol. The summed E-state index contributed by atoms with van der Waals surface area (Å²) in [5.41, 5.74) is 0. The number of hydrogen-bond acceptors (Lipinski definition) is 5. The molecule has 0 rings (SSSR count). The average Bonchev–Trinajstić information content (AvgIpc) is 3.26. The van der Waals surface area contributed by atoms with Crippen molar-refractivity contribution in [2.24, 2.45) is 0 Å². The van der Waals surface area contributed by atoms with Gasteiger partial charge in [0.1, 0.15) is 6.10 Å². The van der Waals surface area contributed by atoms with Crippen molar-refractivity contribution in [1.82, 2.24) is 5.32 Å². The Morgan fingerprint density at radius 2 is 0.774 bits per heavy atom. The van der Waals surface area contributed by atoms with Crippen molar-refractivity contribution >= 4 is 11.9 Å². The number of aliphatic hydroxyl groups excluding tert-OH is 2. The molecule has 62 heavy (non-hydrogen) atoms. The number of allylic oxidation sites excluding steroid dienone is 2. The van der Waals surface area contributed by atoms with Crippen LogP contribution in [0.3, 0.4) is 0 Å². The van der Waals surface area contributed by atoms with Crippen molar-refractivity contribution in [3.05, 3.63) is 12.2 Å². The molecule has 0 aromatic heterocycles. The van der Waals surface area contributed by atoms with E-state index in [1.54, 1.807) is 0 Å². The summed E-state index contributed by atoms with van der Waals surface area (Å²) in [7, 11) is 0. The monoisotopic (exact) mass is 876 g/mol. The Bertz CT molecular complexity index is 939. The SMILES string of the molecule is CCCCCCCCCCC/C=C/CCCCCC(CC(=O)NC(CO)C(O)CCCCCCCCCCCCCCCC)OC(=O)CCCCCCCCCCCCCCC. The first-order valence-corrected chi connectivity index (χ1v) is 27.9. The smallest absolute Gasteiger partial charge is 0.306 e. The first kappa shape index (κ1) is 60.6. The molecule has 0 spiro atoms. The van der Waals surface area contributed by atoms with Crippen molar-refractivity contribution in [1.29, 1.82) is 0 Å². The van der Waals surface area contributed by atoms with Gasteiger partial charge in [-0.25, -0.2) is 0 Å². The van der Waals surface area contributed by atoms with Gasteiger partial charge in [0.05, 0.1) is 25.2 Å². The Kier molecular flexibility index (Phi) is 49.5. The Morgan fingerprint density at radius 1 is 0.452 bits per heavy atom. The van der Waals surface area contributed by atoms with Crippen LogP contribution in [0.1, 0.15) is 310 Å². The molecule has 3 atom stereocenters. The highest BCUT2D eigenvalue weighted by Gasteiger charge is 2.24. The highest BCUT2D eigenvalue weighted by Crippen LogP contribution is 2.18. The zero-order valence-electron chi connectivity index (χ0n) is 42.0. The van der Waals surface area contributed by atoms with Gasteiger partial charge in [-0.15, -0.1) is 0 Å². The topological polar surface area (TPSA) is 95.9 Å². The van der Waals surface area contributed by atoms with Gasteiger partial charge in [0.2, 0.25) is 5.91 Å². The normalized spacial score (nSPS) is 13.2. The van der Waals surface area contributed by atoms with Crippen molar-refractivity contribution in [3.63, 3.8) is 0 Å². The first-order chi connectivity index (χ1) is 30.5. The van der Waals surface area contributed by atoms with Gasteiger partial charge in [-0.3, -0.25) is 9.59 Å². The second-order valence-corrected chi connectivity index (χ2v) is 19.3. The lowest BCUT2D eigenvalue weighted by molar-refractivity contribution is -0.151. The summed E-state index contributed by atoms with van der Waals surface area (Å²) in [6.45, 7) is 6.51. The molecule has 0 saturated heterocycles. The van der Waals surface area contributed by atoms with Gasteiger partial charge in [-0.2, -0.15) is 0 Å². The molecule has 0 saturated carbocycles. The van der Waals surface area contributed by atoms with Crippen molar-refractivity contribution < 1.29 is 24.5 Å². The Balaban J connectivity index is 4.54. The molecule has 1 amide bonds. The predicted octanol–water partition coefficient (Wildman–Crippen LogP) is 16.9. The summed E-state index contributed by atoms with van der Waals surface area (Å²) < 4.78 is 5.95. The zero-order chi connectivity index (χ0) is 45.2. The van der Waals surface area contributed by atoms with Crippen LogP contribution in [0.4, 0.5) is 0 Å². The molecule has 6 nitrogen and oxygen atoms in total. The number of rotatable bonds is 51. The van der Waals surface area contributed by atoms with Crippen LogP contribution >= 0.6 is 0 Å². The molecule has 0 radical (unpaired) electrons. The molecule has 0 heterocycles. The van der Waals surface area contributed by atoms with Crippen molar-refractivity contribution in [3.8, 4) is 0 Å². The number of carbonyl (C=O) groups excluding carboxylic acids is 2. The summed E-state index contributed by atoms with van der Waals surface area (Å²) in [5.74, 6) is -0.468. The molecule has 0 aliphatic carbocycles. The standard InChI is InChI=1S/C56H109NO5/c1-4-7-10-13-16-19-22-25-27-28-30-32-35-38-41-44-47-52(62-56(61)49-46-43-40-37-34-29-24-21-18-15-12-9-6-3)50-55(60)57-53(51-58)54(59)48-45-42-39-36-33-31-26-23-20-17-14-11-8-5-2/h30,32,52-54,58-59H,4-29,31,33-51H2,1-3H3,(H,57,60)/b32-30+. The molecule has 0 bridgehead atoms. The van der Waals surface area contributed by atoms with Gasteiger partial charge in [0, 0.05) is 6.42 Å². The molecule has 368 valence electrons. The van der Waals surface area contributed by atoms with E-state index < -0.39 is 18.2 Å². The van der Waals surface area contributed by atoms with E-state index in [0.717, 1.165) is 57.8 Å². The third kappa shape index (κ3) is 45.2. The van der Waals surface area contributed by atoms with Crippen LogP contribution in [0, 0.1) is 0 Å². The minimum absolute atomic E-state index is 0.0745. The van der Waals surface area contributed by atoms with Crippen molar-refractivity contribution in [2.45, 2.75) is 328 Å². The number of nitrogens with one attached hydrogen (secondary N) is 1. The zero-order valence-corrected chi connectivity index (χ0v) is 42.0. The number of ether oxygens (including phenoxy) is 1. The molecular formula is C56H109NO5. The number of carbonyl (C=O) groups is 2. The minimum atomic E-state index is -0.786. The highest BCUT2D eigenvalue weighted by atomic mass is 16.5. The summed E-state index contributed by atoms with van der Waals surface area (Å²) in [6.07, 6.45) is 57.0. The van der Waals surface area contributed by atoms with Gasteiger partial charge in [0.25, 0.3) is 0 Å². The second kappa shape index (κ2) is 50.6. The van der Waals surface area contributed by atoms with E-state index in [1.165, 1.54) is 205 Å². The summed E-state index contributed by atoms with van der Waals surface area (Å²) >= 11 is 0. The van der Waals surface area contributed by atoms with Crippen LogP contribution in [0.5, 0.6) is 0 Å². The molecule has 0 fully saturated rings. The highest BCUT2D eigenvalue weighted by molar-refractivity contribution is 5.77. The maximum Gasteiger partial charge on any atom is 0.306 e. The summed E-state index contributed by atoms with van der Waals surface area (Å²) in [6, 6.07) is -0.700. The summed E-state index contributed by atoms with van der Waals surface area (Å²) in [4.78, 5) is 26.2. The van der Waals surface area contributed by atoms with Gasteiger partial charge in [-0.1, -0.05) is 258 Å². The van der Waals surface area contributed by atoms with Crippen LogP contribution in [0.25, 0.3) is 0 Å². The molecule has 3 N–H and O–H groups in total. The number of aliphatic hydroxyl groups is 2. The van der Waals surface area contributed by atoms with E-state index in [1.807, 2.05) is 0 Å². The third-order valence-electron chi connectivity index (χ3n) is 13.1. The lowest BCUT2D eigenvalue weighted by Gasteiger charge is -2.24. The maximum absolute atomic E-state index is 13.2. The van der Waals surface area contributed by atoms with E-state index in [-0.39, 0.29) is 24.9 Å². The molecule has 0 aromatic rings. The summed E-state index contributed by atoms with van der Waals surface area (Å²) in [5, 5.41) is 23.8. The van der Waals surface area contributed by atoms with Crippen molar-refractivity contribution in [2.75, 3.05) is 6.61 Å². The fraction of sp³-hybridized carbons (Fsp3) is 0.929. The minimum Gasteiger partial charge on any atom is -0.462 e. The molecule has 0 aromatic carbocycles. The van der Waals surface area contributed by atoms with E-state index in [9.17, 15) is 19.8 Å². The van der Waals surface area contributed by atoms with Crippen LogP contribution < -0.4 is 5.32 Å². The third-order valence-corrected chi connectivity index (χ3v) is 13.1. The maximum atomic E-state index is 13.2. The van der Waals surface area contributed by atoms with Crippen LogP contribution in [0.2, 0.25) is 0 Å². The number of hydrogen-bond donors (Lipinski definition) is 3. The fourth-order valence-electron chi connectivity index (χ4n) is 8.84. The van der Waals surface area contributed by atoms with Crippen LogP contribution in [0.15, 0.2) is 12.2 Å². The first-order valence-electron chi connectivity index (χ1n) is 27.9. The Hall–Kier alpha value is -1.40. The quantitative estimate of drug-likeness (QED) is 0.0321. The van der Waals surface area contributed by atoms with E-state index in [0.29, 0.717) is 19.3 Å². The Morgan fingerprint density at radius 3 is 1.16 bits per heavy atom. The van der Waals surface area contributed by atoms with Crippen LogP contribution in [-0.2, 0) is 14.3 Å². The van der Waals surface area contributed by atoms with Gasteiger partial charge in [-0.05, 0) is 51.4 Å². The average molecular weight is 876 g/mol. The number of amides is 1. The molecule has 0 aliphatic rings. The van der Waals surface area contributed by atoms with E-state index >= 15 is 0 Å². The van der Waals surface area contributed by atoms with Gasteiger partial charge >= 0.3 is 5.97 Å². The largest absolute Gasteiger partial charge is 0.462 e. The lowest BCUT2D eigenvalue weighted by Crippen LogP contribution is -2.46. The van der Waals surface area contributed by atoms with Crippen LogP contribution in [-0.4, -0.2) is 46.9 Å². The molecule has 6 heteroatoms. The Labute approximate surface area is 387 Å².